The molecule has 0 amide bonds. The number of benzene rings is 1. The van der Waals surface area contributed by atoms with E-state index in [9.17, 15) is 0 Å². The molecule has 112 valence electrons. The molecule has 1 fully saturated rings. The molecule has 0 aliphatic carbocycles. The Bertz CT molecular complexity index is 473. The molecule has 2 heteroatoms. The molecule has 1 aromatic carbocycles. The third-order valence-corrected chi connectivity index (χ3v) is 4.30. The first kappa shape index (κ1) is 15.5. The fourth-order valence-corrected chi connectivity index (χ4v) is 2.91. The van der Waals surface area contributed by atoms with Gasteiger partial charge in [0.15, 0.2) is 0 Å². The van der Waals surface area contributed by atoms with Crippen LogP contribution in [0.2, 0.25) is 0 Å². The fraction of sp³-hybridized carbons (Fsp3) is 0.667. The third kappa shape index (κ3) is 3.62. The van der Waals surface area contributed by atoms with Crippen LogP contribution in [0.1, 0.15) is 55.5 Å². The van der Waals surface area contributed by atoms with Crippen LogP contribution in [0.15, 0.2) is 12.1 Å². The number of ether oxygens (including phenoxy) is 1. The standard InChI is InChI=1S/C18H29NO/c1-12-9-14(3)16(10-13(12)2)17-15(7-8-20-17)11-19-18(4,5)6/h9-10,15,17,19H,7-8,11H2,1-6H3. The van der Waals surface area contributed by atoms with Crippen LogP contribution in [0.5, 0.6) is 0 Å². The highest BCUT2D eigenvalue weighted by molar-refractivity contribution is 5.38. The van der Waals surface area contributed by atoms with Gasteiger partial charge in [-0.05, 0) is 70.2 Å². The third-order valence-electron chi connectivity index (χ3n) is 4.30. The van der Waals surface area contributed by atoms with E-state index in [1.54, 1.807) is 0 Å². The maximum Gasteiger partial charge on any atom is 0.0868 e. The molecule has 0 bridgehead atoms. The van der Waals surface area contributed by atoms with Crippen LogP contribution in [0, 0.1) is 26.7 Å². The van der Waals surface area contributed by atoms with Gasteiger partial charge in [0.1, 0.15) is 0 Å². The highest BCUT2D eigenvalue weighted by atomic mass is 16.5. The molecule has 20 heavy (non-hydrogen) atoms. The van der Waals surface area contributed by atoms with Crippen LogP contribution >= 0.6 is 0 Å². The summed E-state index contributed by atoms with van der Waals surface area (Å²) in [6, 6.07) is 4.62. The van der Waals surface area contributed by atoms with Crippen LogP contribution in [0.25, 0.3) is 0 Å². The number of hydrogen-bond donors (Lipinski definition) is 1. The van der Waals surface area contributed by atoms with Gasteiger partial charge in [-0.2, -0.15) is 0 Å². The maximum atomic E-state index is 6.05. The number of rotatable bonds is 3. The van der Waals surface area contributed by atoms with E-state index in [2.05, 4.69) is 59.0 Å². The Balaban J connectivity index is 2.16. The van der Waals surface area contributed by atoms with Crippen molar-refractivity contribution in [3.8, 4) is 0 Å². The molecule has 1 N–H and O–H groups in total. The summed E-state index contributed by atoms with van der Waals surface area (Å²) in [5, 5.41) is 3.63. The molecule has 0 spiro atoms. The Labute approximate surface area is 123 Å². The highest BCUT2D eigenvalue weighted by Gasteiger charge is 2.31. The first-order chi connectivity index (χ1) is 9.28. The zero-order chi connectivity index (χ0) is 14.9. The van der Waals surface area contributed by atoms with Crippen LogP contribution < -0.4 is 5.32 Å². The van der Waals surface area contributed by atoms with Crippen molar-refractivity contribution < 1.29 is 4.74 Å². The number of nitrogens with one attached hydrogen (secondary N) is 1. The van der Waals surface area contributed by atoms with E-state index >= 15 is 0 Å². The van der Waals surface area contributed by atoms with Crippen molar-refractivity contribution in [3.63, 3.8) is 0 Å². The van der Waals surface area contributed by atoms with E-state index in [0.29, 0.717) is 5.92 Å². The monoisotopic (exact) mass is 275 g/mol. The average molecular weight is 275 g/mol. The molecular weight excluding hydrogens is 246 g/mol. The van der Waals surface area contributed by atoms with Crippen molar-refractivity contribution in [2.24, 2.45) is 5.92 Å². The molecule has 0 radical (unpaired) electrons. The summed E-state index contributed by atoms with van der Waals surface area (Å²) >= 11 is 0. The summed E-state index contributed by atoms with van der Waals surface area (Å²) in [5.74, 6) is 0.579. The Hall–Kier alpha value is -0.860. The van der Waals surface area contributed by atoms with Crippen LogP contribution in [-0.2, 0) is 4.74 Å². The van der Waals surface area contributed by atoms with Gasteiger partial charge in [0.25, 0.3) is 0 Å². The minimum absolute atomic E-state index is 0.172. The second kappa shape index (κ2) is 5.87. The molecule has 0 aromatic heterocycles. The van der Waals surface area contributed by atoms with Gasteiger partial charge in [0, 0.05) is 24.6 Å². The van der Waals surface area contributed by atoms with E-state index in [0.717, 1.165) is 19.6 Å². The van der Waals surface area contributed by atoms with Crippen LogP contribution in [-0.4, -0.2) is 18.7 Å². The van der Waals surface area contributed by atoms with Crippen LogP contribution in [0.4, 0.5) is 0 Å². The summed E-state index contributed by atoms with van der Waals surface area (Å²) in [4.78, 5) is 0. The minimum Gasteiger partial charge on any atom is -0.373 e. The highest BCUT2D eigenvalue weighted by Crippen LogP contribution is 2.36. The smallest absolute Gasteiger partial charge is 0.0868 e. The fourth-order valence-electron chi connectivity index (χ4n) is 2.91. The van der Waals surface area contributed by atoms with E-state index in [1.165, 1.54) is 22.3 Å². The Morgan fingerprint density at radius 1 is 1.10 bits per heavy atom. The Morgan fingerprint density at radius 2 is 1.75 bits per heavy atom. The van der Waals surface area contributed by atoms with Gasteiger partial charge in [-0.15, -0.1) is 0 Å². The van der Waals surface area contributed by atoms with Crippen molar-refractivity contribution in [2.75, 3.05) is 13.2 Å². The van der Waals surface area contributed by atoms with E-state index in [1.807, 2.05) is 0 Å². The zero-order valence-corrected chi connectivity index (χ0v) is 13.8. The molecule has 1 heterocycles. The van der Waals surface area contributed by atoms with Gasteiger partial charge in [0.05, 0.1) is 6.10 Å². The normalized spacial score (nSPS) is 23.3. The maximum absolute atomic E-state index is 6.05. The quantitative estimate of drug-likeness (QED) is 0.897. The molecule has 1 saturated heterocycles. The van der Waals surface area contributed by atoms with Crippen molar-refractivity contribution in [2.45, 2.75) is 59.6 Å². The van der Waals surface area contributed by atoms with Gasteiger partial charge in [-0.25, -0.2) is 0 Å². The Kier molecular flexibility index (Phi) is 4.55. The van der Waals surface area contributed by atoms with Crippen molar-refractivity contribution in [1.82, 2.24) is 5.32 Å². The number of hydrogen-bond acceptors (Lipinski definition) is 2. The van der Waals surface area contributed by atoms with E-state index < -0.39 is 0 Å². The molecule has 1 aromatic rings. The molecule has 0 saturated carbocycles. The average Bonchev–Trinajstić information content (AvgIpc) is 2.78. The van der Waals surface area contributed by atoms with Gasteiger partial charge >= 0.3 is 0 Å². The predicted octanol–water partition coefficient (Wildman–Crippen LogP) is 4.08. The lowest BCUT2D eigenvalue weighted by molar-refractivity contribution is 0.0884. The molecule has 2 unspecified atom stereocenters. The summed E-state index contributed by atoms with van der Waals surface area (Å²) in [6.07, 6.45) is 1.41. The summed E-state index contributed by atoms with van der Waals surface area (Å²) in [5.41, 5.74) is 5.65. The molecule has 2 nitrogen and oxygen atoms in total. The first-order valence-electron chi connectivity index (χ1n) is 7.72. The molecule has 1 aliphatic rings. The van der Waals surface area contributed by atoms with Crippen molar-refractivity contribution >= 4 is 0 Å². The number of aryl methyl sites for hydroxylation is 3. The molecule has 2 atom stereocenters. The second-order valence-corrected chi connectivity index (χ2v) is 7.26. The molecule has 1 aliphatic heterocycles. The minimum atomic E-state index is 0.172. The lowest BCUT2D eigenvalue weighted by atomic mass is 9.89. The predicted molar refractivity (Wildman–Crippen MR) is 85.2 cm³/mol. The van der Waals surface area contributed by atoms with E-state index in [-0.39, 0.29) is 11.6 Å². The SMILES string of the molecule is Cc1cc(C)c(C2OCCC2CNC(C)(C)C)cc1C. The van der Waals surface area contributed by atoms with E-state index in [4.69, 9.17) is 4.74 Å². The van der Waals surface area contributed by atoms with Crippen LogP contribution in [0.3, 0.4) is 0 Å². The first-order valence-corrected chi connectivity index (χ1v) is 7.72. The van der Waals surface area contributed by atoms with Gasteiger partial charge < -0.3 is 10.1 Å². The van der Waals surface area contributed by atoms with Gasteiger partial charge in [-0.1, -0.05) is 12.1 Å². The molecule has 2 rings (SSSR count). The Morgan fingerprint density at radius 3 is 2.40 bits per heavy atom. The topological polar surface area (TPSA) is 21.3 Å². The zero-order valence-electron chi connectivity index (χ0n) is 13.8. The molecular formula is C18H29NO. The lowest BCUT2D eigenvalue weighted by Crippen LogP contribution is -2.39. The summed E-state index contributed by atoms with van der Waals surface area (Å²) in [7, 11) is 0. The summed E-state index contributed by atoms with van der Waals surface area (Å²) in [6.45, 7) is 15.2. The van der Waals surface area contributed by atoms with Gasteiger partial charge in [0.2, 0.25) is 0 Å². The summed E-state index contributed by atoms with van der Waals surface area (Å²) < 4.78 is 6.05. The van der Waals surface area contributed by atoms with Crippen molar-refractivity contribution in [1.29, 1.82) is 0 Å². The lowest BCUT2D eigenvalue weighted by Gasteiger charge is -2.27. The van der Waals surface area contributed by atoms with Gasteiger partial charge in [-0.3, -0.25) is 0 Å². The second-order valence-electron chi connectivity index (χ2n) is 7.26. The largest absolute Gasteiger partial charge is 0.373 e. The van der Waals surface area contributed by atoms with Crippen molar-refractivity contribution in [3.05, 3.63) is 34.4 Å².